The summed E-state index contributed by atoms with van der Waals surface area (Å²) in [6.07, 6.45) is 2.40. The van der Waals surface area contributed by atoms with Crippen LogP contribution in [0.1, 0.15) is 19.8 Å². The Bertz CT molecular complexity index is 208. The minimum absolute atomic E-state index is 0.178. The number of nitrogens with zero attached hydrogens (tertiary/aromatic N) is 2. The number of likely N-dealkylation sites (tertiary alicyclic amines) is 1. The van der Waals surface area contributed by atoms with Gasteiger partial charge in [-0.05, 0) is 25.8 Å². The largest absolute Gasteiger partial charge is 0.326 e. The molecule has 1 atom stereocenters. The molecule has 0 saturated carbocycles. The Morgan fingerprint density at radius 2 is 2.33 bits per heavy atom. The zero-order chi connectivity index (χ0) is 11.3. The molecule has 1 fully saturated rings. The van der Waals surface area contributed by atoms with Crippen LogP contribution in [0.3, 0.4) is 0 Å². The monoisotopic (exact) mass is 213 g/mol. The minimum Gasteiger partial charge on any atom is -0.326 e. The maximum Gasteiger partial charge on any atom is 0.319 e. The van der Waals surface area contributed by atoms with Crippen LogP contribution in [0.5, 0.6) is 0 Å². The van der Waals surface area contributed by atoms with Crippen molar-refractivity contribution in [3.63, 3.8) is 0 Å². The van der Waals surface area contributed by atoms with Gasteiger partial charge in [0.1, 0.15) is 0 Å². The topological polar surface area (TPSA) is 35.6 Å². The van der Waals surface area contributed by atoms with Crippen molar-refractivity contribution in [3.05, 3.63) is 0 Å². The molecule has 1 heterocycles. The van der Waals surface area contributed by atoms with Gasteiger partial charge in [-0.3, -0.25) is 0 Å². The van der Waals surface area contributed by atoms with E-state index in [1.165, 1.54) is 6.42 Å². The third-order valence-corrected chi connectivity index (χ3v) is 2.95. The highest BCUT2D eigenvalue weighted by atomic mass is 16.2. The molecule has 1 saturated heterocycles. The third-order valence-electron chi connectivity index (χ3n) is 2.95. The molecule has 1 N–H and O–H groups in total. The van der Waals surface area contributed by atoms with Crippen molar-refractivity contribution in [2.45, 2.75) is 19.8 Å². The number of piperidine rings is 1. The molecular formula is C11H23N3O. The predicted molar refractivity (Wildman–Crippen MR) is 61.9 cm³/mol. The van der Waals surface area contributed by atoms with Gasteiger partial charge in [-0.15, -0.1) is 0 Å². The molecule has 1 unspecified atom stereocenters. The first-order valence-electron chi connectivity index (χ1n) is 5.79. The second kappa shape index (κ2) is 5.95. The molecule has 4 heteroatoms. The van der Waals surface area contributed by atoms with Crippen molar-refractivity contribution in [2.75, 3.05) is 40.3 Å². The third kappa shape index (κ3) is 3.70. The standard InChI is InChI=1S/C11H23N3O/c1-10-5-4-7-14(9-10)11(15)13(3)8-6-12-2/h10,12H,4-9H2,1-3H3. The number of amides is 2. The van der Waals surface area contributed by atoms with Crippen molar-refractivity contribution in [1.29, 1.82) is 0 Å². The molecule has 0 aromatic carbocycles. The van der Waals surface area contributed by atoms with Crippen molar-refractivity contribution in [1.82, 2.24) is 15.1 Å². The quantitative estimate of drug-likeness (QED) is 0.759. The molecule has 0 aliphatic carbocycles. The fourth-order valence-corrected chi connectivity index (χ4v) is 1.98. The first-order valence-corrected chi connectivity index (χ1v) is 5.79. The average molecular weight is 213 g/mol. The molecule has 0 spiro atoms. The Kier molecular flexibility index (Phi) is 4.88. The van der Waals surface area contributed by atoms with Crippen LogP contribution in [0.25, 0.3) is 0 Å². The summed E-state index contributed by atoms with van der Waals surface area (Å²) < 4.78 is 0. The SMILES string of the molecule is CNCCN(C)C(=O)N1CCCC(C)C1. The van der Waals surface area contributed by atoms with E-state index in [0.29, 0.717) is 5.92 Å². The summed E-state index contributed by atoms with van der Waals surface area (Å²) in [5.74, 6) is 0.653. The fraction of sp³-hybridized carbons (Fsp3) is 0.909. The normalized spacial score (nSPS) is 21.5. The minimum atomic E-state index is 0.178. The van der Waals surface area contributed by atoms with Gasteiger partial charge in [-0.1, -0.05) is 6.92 Å². The van der Waals surface area contributed by atoms with Gasteiger partial charge in [-0.25, -0.2) is 4.79 Å². The van der Waals surface area contributed by atoms with Gasteiger partial charge in [0.05, 0.1) is 0 Å². The first-order chi connectivity index (χ1) is 7.15. The molecule has 0 bridgehead atoms. The number of nitrogens with one attached hydrogen (secondary N) is 1. The lowest BCUT2D eigenvalue weighted by Gasteiger charge is -2.34. The Hall–Kier alpha value is -0.770. The lowest BCUT2D eigenvalue weighted by atomic mass is 10.0. The lowest BCUT2D eigenvalue weighted by Crippen LogP contribution is -2.47. The summed E-state index contributed by atoms with van der Waals surface area (Å²) in [5, 5.41) is 3.05. The Morgan fingerprint density at radius 3 is 2.93 bits per heavy atom. The molecule has 4 nitrogen and oxygen atoms in total. The van der Waals surface area contributed by atoms with Crippen LogP contribution in [-0.4, -0.2) is 56.1 Å². The molecular weight excluding hydrogens is 190 g/mol. The number of rotatable bonds is 3. The summed E-state index contributed by atoms with van der Waals surface area (Å²) in [4.78, 5) is 15.7. The zero-order valence-corrected chi connectivity index (χ0v) is 10.1. The van der Waals surface area contributed by atoms with Crippen LogP contribution in [-0.2, 0) is 0 Å². The van der Waals surface area contributed by atoms with Gasteiger partial charge in [0.15, 0.2) is 0 Å². The summed E-state index contributed by atoms with van der Waals surface area (Å²) >= 11 is 0. The number of urea groups is 1. The second-order valence-electron chi connectivity index (χ2n) is 4.50. The summed E-state index contributed by atoms with van der Waals surface area (Å²) in [6, 6.07) is 0.178. The smallest absolute Gasteiger partial charge is 0.319 e. The molecule has 2 amide bonds. The van der Waals surface area contributed by atoms with Crippen LogP contribution in [0.15, 0.2) is 0 Å². The van der Waals surface area contributed by atoms with Crippen molar-refractivity contribution < 1.29 is 4.79 Å². The van der Waals surface area contributed by atoms with E-state index in [2.05, 4.69) is 12.2 Å². The van der Waals surface area contributed by atoms with Gasteiger partial charge in [-0.2, -0.15) is 0 Å². The summed E-state index contributed by atoms with van der Waals surface area (Å²) in [5.41, 5.74) is 0. The van der Waals surface area contributed by atoms with Gasteiger partial charge >= 0.3 is 6.03 Å². The van der Waals surface area contributed by atoms with E-state index in [-0.39, 0.29) is 6.03 Å². The molecule has 0 aromatic rings. The van der Waals surface area contributed by atoms with E-state index in [0.717, 1.165) is 32.6 Å². The molecule has 0 radical (unpaired) electrons. The van der Waals surface area contributed by atoms with E-state index < -0.39 is 0 Å². The van der Waals surface area contributed by atoms with Crippen molar-refractivity contribution in [3.8, 4) is 0 Å². The highest BCUT2D eigenvalue weighted by Crippen LogP contribution is 2.16. The van der Waals surface area contributed by atoms with E-state index >= 15 is 0 Å². The maximum atomic E-state index is 12.0. The van der Waals surface area contributed by atoms with Crippen LogP contribution >= 0.6 is 0 Å². The highest BCUT2D eigenvalue weighted by Gasteiger charge is 2.22. The summed E-state index contributed by atoms with van der Waals surface area (Å²) in [7, 11) is 3.78. The molecule has 88 valence electrons. The molecule has 1 aliphatic heterocycles. The molecule has 1 aliphatic rings. The number of likely N-dealkylation sites (N-methyl/N-ethyl adjacent to an activating group) is 2. The Balaban J connectivity index is 2.37. The van der Waals surface area contributed by atoms with Crippen LogP contribution in [0.2, 0.25) is 0 Å². The molecule has 15 heavy (non-hydrogen) atoms. The van der Waals surface area contributed by atoms with Crippen molar-refractivity contribution in [2.24, 2.45) is 5.92 Å². The number of carbonyl (C=O) groups excluding carboxylic acids is 1. The van der Waals surface area contributed by atoms with Gasteiger partial charge in [0, 0.05) is 33.2 Å². The average Bonchev–Trinajstić information content (AvgIpc) is 2.24. The number of hydrogen-bond acceptors (Lipinski definition) is 2. The maximum absolute atomic E-state index is 12.0. The highest BCUT2D eigenvalue weighted by molar-refractivity contribution is 5.74. The van der Waals surface area contributed by atoms with Crippen LogP contribution in [0, 0.1) is 5.92 Å². The summed E-state index contributed by atoms with van der Waals surface area (Å²) in [6.45, 7) is 5.69. The van der Waals surface area contributed by atoms with E-state index in [1.807, 2.05) is 19.0 Å². The van der Waals surface area contributed by atoms with Crippen LogP contribution in [0.4, 0.5) is 4.79 Å². The van der Waals surface area contributed by atoms with E-state index in [9.17, 15) is 4.79 Å². The Labute approximate surface area is 92.6 Å². The predicted octanol–water partition coefficient (Wildman–Crippen LogP) is 0.989. The van der Waals surface area contributed by atoms with Gasteiger partial charge in [0.25, 0.3) is 0 Å². The second-order valence-corrected chi connectivity index (χ2v) is 4.50. The van der Waals surface area contributed by atoms with Crippen molar-refractivity contribution >= 4 is 6.03 Å². The fourth-order valence-electron chi connectivity index (χ4n) is 1.98. The Morgan fingerprint density at radius 1 is 1.60 bits per heavy atom. The van der Waals surface area contributed by atoms with Crippen LogP contribution < -0.4 is 5.32 Å². The van der Waals surface area contributed by atoms with Gasteiger partial charge < -0.3 is 15.1 Å². The molecule has 0 aromatic heterocycles. The van der Waals surface area contributed by atoms with E-state index in [1.54, 1.807) is 4.90 Å². The number of hydrogen-bond donors (Lipinski definition) is 1. The molecule has 1 rings (SSSR count). The van der Waals surface area contributed by atoms with Gasteiger partial charge in [0.2, 0.25) is 0 Å². The first kappa shape index (κ1) is 12.3. The number of carbonyl (C=O) groups is 1. The van der Waals surface area contributed by atoms with E-state index in [4.69, 9.17) is 0 Å². The zero-order valence-electron chi connectivity index (χ0n) is 10.1. The lowest BCUT2D eigenvalue weighted by molar-refractivity contribution is 0.140.